The normalized spacial score (nSPS) is 10.7. The zero-order valence-electron chi connectivity index (χ0n) is 10.3. The Balaban J connectivity index is 3.27. The van der Waals surface area contributed by atoms with Crippen LogP contribution in [-0.4, -0.2) is 26.0 Å². The first-order chi connectivity index (χ1) is 8.79. The molecule has 1 rings (SSSR count). The summed E-state index contributed by atoms with van der Waals surface area (Å²) < 4.78 is 26.6. The van der Waals surface area contributed by atoms with Gasteiger partial charge in [-0.25, -0.2) is 13.2 Å². The van der Waals surface area contributed by atoms with Gasteiger partial charge in [0, 0.05) is 4.47 Å². The highest BCUT2D eigenvalue weighted by atomic mass is 79.9. The molecule has 0 aliphatic heterocycles. The first kappa shape index (κ1) is 15.7. The van der Waals surface area contributed by atoms with Gasteiger partial charge in [0.1, 0.15) is 0 Å². The number of carboxylic acids is 1. The number of benzene rings is 1. The van der Waals surface area contributed by atoms with E-state index in [9.17, 15) is 13.2 Å². The van der Waals surface area contributed by atoms with Crippen LogP contribution in [0.4, 0.5) is 0 Å². The highest BCUT2D eigenvalue weighted by Gasteiger charge is 2.19. The fraction of sp³-hybridized carbons (Fsp3) is 0.250. The predicted octanol–water partition coefficient (Wildman–Crippen LogP) is 1.76. The minimum Gasteiger partial charge on any atom is -0.478 e. The van der Waals surface area contributed by atoms with Gasteiger partial charge in [-0.2, -0.15) is 4.72 Å². The Morgan fingerprint density at radius 1 is 1.47 bits per heavy atom. The molecular weight excluding hydrogens is 334 g/mol. The van der Waals surface area contributed by atoms with Gasteiger partial charge < -0.3 is 5.11 Å². The molecule has 0 unspecified atom stereocenters. The summed E-state index contributed by atoms with van der Waals surface area (Å²) in [5, 5.41) is 9.04. The third kappa shape index (κ3) is 3.80. The fourth-order valence-corrected chi connectivity index (χ4v) is 2.92. The summed E-state index contributed by atoms with van der Waals surface area (Å²) in [6.45, 7) is 3.17. The third-order valence-corrected chi connectivity index (χ3v) is 4.59. The molecule has 0 aromatic heterocycles. The first-order valence-electron chi connectivity index (χ1n) is 5.22. The first-order valence-corrected chi connectivity index (χ1v) is 7.50. The average molecular weight is 346 g/mol. The van der Waals surface area contributed by atoms with Crippen molar-refractivity contribution < 1.29 is 18.3 Å². The van der Waals surface area contributed by atoms with Gasteiger partial charge in [-0.05, 0) is 31.5 Å². The molecule has 0 aliphatic rings. The van der Waals surface area contributed by atoms with Crippen LogP contribution in [-0.2, 0) is 10.0 Å². The van der Waals surface area contributed by atoms with E-state index in [1.165, 1.54) is 6.07 Å². The molecule has 0 amide bonds. The SMILES string of the molecule is CC#CCNS(=O)(=O)c1cc(Br)c(C)c(C(=O)O)c1. The number of carbonyl (C=O) groups is 1. The van der Waals surface area contributed by atoms with Gasteiger partial charge in [-0.3, -0.25) is 0 Å². The molecule has 0 radical (unpaired) electrons. The predicted molar refractivity (Wildman–Crippen MR) is 74.5 cm³/mol. The van der Waals surface area contributed by atoms with Gasteiger partial charge in [0.15, 0.2) is 0 Å². The van der Waals surface area contributed by atoms with Crippen molar-refractivity contribution in [3.63, 3.8) is 0 Å². The van der Waals surface area contributed by atoms with Gasteiger partial charge in [-0.15, -0.1) is 5.92 Å². The maximum atomic E-state index is 12.0. The Morgan fingerprint density at radius 3 is 2.63 bits per heavy atom. The maximum Gasteiger partial charge on any atom is 0.336 e. The Hall–Kier alpha value is -1.36. The molecule has 0 bridgehead atoms. The van der Waals surface area contributed by atoms with E-state index in [0.717, 1.165) is 6.07 Å². The van der Waals surface area contributed by atoms with E-state index in [1.54, 1.807) is 13.8 Å². The van der Waals surface area contributed by atoms with Crippen molar-refractivity contribution in [3.8, 4) is 11.8 Å². The van der Waals surface area contributed by atoms with E-state index in [4.69, 9.17) is 5.11 Å². The van der Waals surface area contributed by atoms with Crippen molar-refractivity contribution >= 4 is 31.9 Å². The molecule has 102 valence electrons. The molecule has 19 heavy (non-hydrogen) atoms. The second-order valence-corrected chi connectivity index (χ2v) is 6.26. The zero-order valence-corrected chi connectivity index (χ0v) is 12.7. The number of rotatable bonds is 4. The smallest absolute Gasteiger partial charge is 0.336 e. The van der Waals surface area contributed by atoms with Gasteiger partial charge >= 0.3 is 5.97 Å². The molecule has 7 heteroatoms. The fourth-order valence-electron chi connectivity index (χ4n) is 1.33. The molecule has 2 N–H and O–H groups in total. The van der Waals surface area contributed by atoms with Gasteiger partial charge in [0.05, 0.1) is 17.0 Å². The molecule has 0 fully saturated rings. The summed E-state index contributed by atoms with van der Waals surface area (Å²) in [6, 6.07) is 2.49. The molecule has 0 aliphatic carbocycles. The van der Waals surface area contributed by atoms with Crippen LogP contribution in [0.3, 0.4) is 0 Å². The maximum absolute atomic E-state index is 12.0. The molecule has 0 heterocycles. The molecule has 0 saturated heterocycles. The van der Waals surface area contributed by atoms with Crippen LogP contribution in [0.2, 0.25) is 0 Å². The van der Waals surface area contributed by atoms with E-state index >= 15 is 0 Å². The number of nitrogens with one attached hydrogen (secondary N) is 1. The van der Waals surface area contributed by atoms with Crippen LogP contribution in [0.1, 0.15) is 22.8 Å². The second-order valence-electron chi connectivity index (χ2n) is 3.63. The van der Waals surface area contributed by atoms with Crippen molar-refractivity contribution in [1.82, 2.24) is 4.72 Å². The van der Waals surface area contributed by atoms with Crippen LogP contribution >= 0.6 is 15.9 Å². The van der Waals surface area contributed by atoms with E-state index < -0.39 is 16.0 Å². The number of hydrogen-bond acceptors (Lipinski definition) is 3. The molecule has 0 spiro atoms. The van der Waals surface area contributed by atoms with Crippen molar-refractivity contribution in [2.24, 2.45) is 0 Å². The number of hydrogen-bond donors (Lipinski definition) is 2. The number of carboxylic acid groups (broad SMARTS) is 1. The number of sulfonamides is 1. The summed E-state index contributed by atoms with van der Waals surface area (Å²) in [7, 11) is -3.77. The monoisotopic (exact) mass is 345 g/mol. The third-order valence-electron chi connectivity index (χ3n) is 2.39. The summed E-state index contributed by atoms with van der Waals surface area (Å²) in [4.78, 5) is 10.9. The van der Waals surface area contributed by atoms with Gasteiger partial charge in [0.2, 0.25) is 10.0 Å². The minimum absolute atomic E-state index is 0.0211. The summed E-state index contributed by atoms with van der Waals surface area (Å²) in [5.74, 6) is 3.95. The van der Waals surface area contributed by atoms with Crippen molar-refractivity contribution in [3.05, 3.63) is 27.7 Å². The van der Waals surface area contributed by atoms with Crippen molar-refractivity contribution in [1.29, 1.82) is 0 Å². The summed E-state index contributed by atoms with van der Waals surface area (Å²) in [6.07, 6.45) is 0. The zero-order chi connectivity index (χ0) is 14.6. The highest BCUT2D eigenvalue weighted by molar-refractivity contribution is 9.10. The molecule has 0 atom stereocenters. The summed E-state index contributed by atoms with van der Waals surface area (Å²) >= 11 is 3.16. The van der Waals surface area contributed by atoms with E-state index in [2.05, 4.69) is 32.5 Å². The highest BCUT2D eigenvalue weighted by Crippen LogP contribution is 2.24. The Bertz CT molecular complexity index is 671. The molecule has 0 saturated carbocycles. The lowest BCUT2D eigenvalue weighted by atomic mass is 10.1. The lowest BCUT2D eigenvalue weighted by molar-refractivity contribution is 0.0695. The van der Waals surface area contributed by atoms with E-state index in [-0.39, 0.29) is 17.0 Å². The molecule has 1 aromatic carbocycles. The Kier molecular flexibility index (Phi) is 5.11. The van der Waals surface area contributed by atoms with Gasteiger partial charge in [0.25, 0.3) is 0 Å². The van der Waals surface area contributed by atoms with Crippen LogP contribution in [0.5, 0.6) is 0 Å². The van der Waals surface area contributed by atoms with Crippen LogP contribution in [0.15, 0.2) is 21.5 Å². The Labute approximate surface area is 120 Å². The average Bonchev–Trinajstić information content (AvgIpc) is 2.32. The minimum atomic E-state index is -3.77. The topological polar surface area (TPSA) is 83.5 Å². The van der Waals surface area contributed by atoms with Gasteiger partial charge in [-0.1, -0.05) is 21.9 Å². The number of halogens is 1. The summed E-state index contributed by atoms with van der Waals surface area (Å²) in [5.41, 5.74) is 0.413. The lowest BCUT2D eigenvalue weighted by Gasteiger charge is -2.09. The molecule has 1 aromatic rings. The van der Waals surface area contributed by atoms with Crippen LogP contribution < -0.4 is 4.72 Å². The molecule has 5 nitrogen and oxygen atoms in total. The second kappa shape index (κ2) is 6.19. The lowest BCUT2D eigenvalue weighted by Crippen LogP contribution is -2.24. The quantitative estimate of drug-likeness (QED) is 0.814. The molecular formula is C12H12BrNO4S. The largest absolute Gasteiger partial charge is 0.478 e. The number of aromatic carboxylic acids is 1. The standard InChI is InChI=1S/C12H12BrNO4S/c1-3-4-5-14-19(17,18)9-6-10(12(15)16)8(2)11(13)7-9/h6-7,14H,5H2,1-2H3,(H,15,16). The van der Waals surface area contributed by atoms with Crippen LogP contribution in [0, 0.1) is 18.8 Å². The van der Waals surface area contributed by atoms with Crippen molar-refractivity contribution in [2.75, 3.05) is 6.54 Å². The Morgan fingerprint density at radius 2 is 2.11 bits per heavy atom. The van der Waals surface area contributed by atoms with E-state index in [0.29, 0.717) is 10.0 Å². The van der Waals surface area contributed by atoms with E-state index in [1.807, 2.05) is 0 Å². The van der Waals surface area contributed by atoms with Crippen LogP contribution in [0.25, 0.3) is 0 Å². The van der Waals surface area contributed by atoms with Crippen molar-refractivity contribution in [2.45, 2.75) is 18.7 Å².